The number of fused-ring (bicyclic) bond motifs is 2. The highest BCUT2D eigenvalue weighted by molar-refractivity contribution is 7.14. The van der Waals surface area contributed by atoms with Gasteiger partial charge in [0.05, 0.1) is 10.6 Å². The highest BCUT2D eigenvalue weighted by atomic mass is 32.1. The Balaban J connectivity index is 1.67. The summed E-state index contributed by atoms with van der Waals surface area (Å²) in [5.74, 6) is 0.430. The van der Waals surface area contributed by atoms with Gasteiger partial charge in [0.15, 0.2) is 6.61 Å². The van der Waals surface area contributed by atoms with Gasteiger partial charge in [-0.15, -0.1) is 11.3 Å². The number of carbonyl (C=O) groups is 2. The molecule has 5 heteroatoms. The first-order chi connectivity index (χ1) is 10.2. The molecule has 1 amide bonds. The van der Waals surface area contributed by atoms with E-state index >= 15 is 0 Å². The maximum absolute atomic E-state index is 12.6. The smallest absolute Gasteiger partial charge is 0.262 e. The molecule has 106 valence electrons. The Bertz CT molecular complexity index is 741. The normalized spacial score (nSPS) is 15.9. The first-order valence-electron chi connectivity index (χ1n) is 6.94. The Kier molecular flexibility index (Phi) is 2.82. The van der Waals surface area contributed by atoms with Crippen LogP contribution in [0.4, 0.5) is 5.69 Å². The third-order valence-electron chi connectivity index (χ3n) is 3.84. The molecule has 0 bridgehead atoms. The van der Waals surface area contributed by atoms with Gasteiger partial charge >= 0.3 is 0 Å². The molecule has 1 aromatic carbocycles. The van der Waals surface area contributed by atoms with E-state index in [0.717, 1.165) is 17.7 Å². The highest BCUT2D eigenvalue weighted by Crippen LogP contribution is 2.33. The lowest BCUT2D eigenvalue weighted by molar-refractivity contribution is -0.118. The molecule has 2 aromatic rings. The standard InChI is InChI=1S/C16H13NO3S/c18-15-8-20-12-5-4-10(6-11(12)17-15)16(19)14-7-9-2-1-3-13(9)21-14/h4-7H,1-3,8H2,(H,17,18). The van der Waals surface area contributed by atoms with E-state index in [-0.39, 0.29) is 18.3 Å². The van der Waals surface area contributed by atoms with Gasteiger partial charge in [0.2, 0.25) is 5.78 Å². The van der Waals surface area contributed by atoms with Crippen molar-refractivity contribution in [3.8, 4) is 5.75 Å². The summed E-state index contributed by atoms with van der Waals surface area (Å²) < 4.78 is 5.31. The van der Waals surface area contributed by atoms with Crippen molar-refractivity contribution < 1.29 is 14.3 Å². The van der Waals surface area contributed by atoms with Gasteiger partial charge in [-0.1, -0.05) is 0 Å². The second-order valence-corrected chi connectivity index (χ2v) is 6.43. The van der Waals surface area contributed by atoms with Crippen LogP contribution in [-0.4, -0.2) is 18.3 Å². The van der Waals surface area contributed by atoms with Crippen LogP contribution in [-0.2, 0) is 17.6 Å². The fourth-order valence-electron chi connectivity index (χ4n) is 2.81. The molecule has 1 aliphatic heterocycles. The second kappa shape index (κ2) is 4.70. The molecule has 2 aliphatic rings. The molecule has 2 heterocycles. The molecule has 4 nitrogen and oxygen atoms in total. The Morgan fingerprint density at radius 2 is 2.14 bits per heavy atom. The van der Waals surface area contributed by atoms with Crippen LogP contribution in [0.3, 0.4) is 0 Å². The van der Waals surface area contributed by atoms with Gasteiger partial charge in [0.1, 0.15) is 5.75 Å². The zero-order chi connectivity index (χ0) is 14.4. The highest BCUT2D eigenvalue weighted by Gasteiger charge is 2.22. The fourth-order valence-corrected chi connectivity index (χ4v) is 4.02. The molecule has 1 aromatic heterocycles. The van der Waals surface area contributed by atoms with Crippen molar-refractivity contribution in [2.45, 2.75) is 19.3 Å². The lowest BCUT2D eigenvalue weighted by atomic mass is 10.1. The van der Waals surface area contributed by atoms with Crippen LogP contribution in [0.2, 0.25) is 0 Å². The third kappa shape index (κ3) is 2.14. The van der Waals surface area contributed by atoms with Crippen molar-refractivity contribution >= 4 is 28.7 Å². The van der Waals surface area contributed by atoms with Gasteiger partial charge in [-0.2, -0.15) is 0 Å². The Labute approximate surface area is 125 Å². The van der Waals surface area contributed by atoms with Gasteiger partial charge in [0, 0.05) is 10.4 Å². The Hall–Kier alpha value is -2.14. The predicted octanol–water partition coefficient (Wildman–Crippen LogP) is 2.80. The number of anilines is 1. The van der Waals surface area contributed by atoms with Crippen LogP contribution < -0.4 is 10.1 Å². The topological polar surface area (TPSA) is 55.4 Å². The molecule has 1 aliphatic carbocycles. The van der Waals surface area contributed by atoms with E-state index in [1.807, 2.05) is 6.07 Å². The average molecular weight is 299 g/mol. The summed E-state index contributed by atoms with van der Waals surface area (Å²) in [6.07, 6.45) is 3.35. The molecule has 21 heavy (non-hydrogen) atoms. The fraction of sp³-hybridized carbons (Fsp3) is 0.250. The number of thiophene rings is 1. The van der Waals surface area contributed by atoms with Crippen LogP contribution >= 0.6 is 11.3 Å². The van der Waals surface area contributed by atoms with Gasteiger partial charge in [0.25, 0.3) is 5.91 Å². The number of carbonyl (C=O) groups excluding carboxylic acids is 2. The van der Waals surface area contributed by atoms with E-state index in [4.69, 9.17) is 4.74 Å². The molecule has 0 fully saturated rings. The third-order valence-corrected chi connectivity index (χ3v) is 5.08. The van der Waals surface area contributed by atoms with E-state index in [1.54, 1.807) is 29.5 Å². The van der Waals surface area contributed by atoms with Gasteiger partial charge in [-0.3, -0.25) is 9.59 Å². The van der Waals surface area contributed by atoms with Crippen molar-refractivity contribution in [1.82, 2.24) is 0 Å². The predicted molar refractivity (Wildman–Crippen MR) is 80.3 cm³/mol. The van der Waals surface area contributed by atoms with Crippen LogP contribution in [0.1, 0.15) is 32.1 Å². The molecular weight excluding hydrogens is 286 g/mol. The second-order valence-electron chi connectivity index (χ2n) is 5.29. The van der Waals surface area contributed by atoms with Crippen molar-refractivity contribution in [3.05, 3.63) is 45.1 Å². The van der Waals surface area contributed by atoms with E-state index in [0.29, 0.717) is 17.0 Å². The number of ketones is 1. The molecule has 4 rings (SSSR count). The summed E-state index contributed by atoms with van der Waals surface area (Å²) in [6.45, 7) is 0.0257. The molecule has 0 saturated heterocycles. The monoisotopic (exact) mass is 299 g/mol. The Morgan fingerprint density at radius 3 is 3.00 bits per heavy atom. The average Bonchev–Trinajstić information content (AvgIpc) is 3.06. The van der Waals surface area contributed by atoms with Crippen LogP contribution in [0.5, 0.6) is 5.75 Å². The molecule has 0 radical (unpaired) electrons. The van der Waals surface area contributed by atoms with Crippen LogP contribution in [0.15, 0.2) is 24.3 Å². The van der Waals surface area contributed by atoms with Gasteiger partial charge in [-0.25, -0.2) is 0 Å². The van der Waals surface area contributed by atoms with E-state index in [1.165, 1.54) is 16.9 Å². The van der Waals surface area contributed by atoms with Crippen molar-refractivity contribution in [2.24, 2.45) is 0 Å². The van der Waals surface area contributed by atoms with Crippen molar-refractivity contribution in [3.63, 3.8) is 0 Å². The minimum atomic E-state index is -0.192. The first-order valence-corrected chi connectivity index (χ1v) is 7.75. The molecule has 0 saturated carbocycles. The molecule has 0 atom stereocenters. The number of nitrogens with one attached hydrogen (secondary N) is 1. The van der Waals surface area contributed by atoms with E-state index in [2.05, 4.69) is 5.32 Å². The maximum Gasteiger partial charge on any atom is 0.262 e. The number of hydrogen-bond donors (Lipinski definition) is 1. The lowest BCUT2D eigenvalue weighted by Gasteiger charge is -2.18. The SMILES string of the molecule is O=C1COc2ccc(C(=O)c3cc4c(s3)CCC4)cc2N1. The zero-order valence-electron chi connectivity index (χ0n) is 11.3. The lowest BCUT2D eigenvalue weighted by Crippen LogP contribution is -2.25. The molecule has 1 N–H and O–H groups in total. The number of ether oxygens (including phenoxy) is 1. The minimum absolute atomic E-state index is 0.0111. The van der Waals surface area contributed by atoms with E-state index < -0.39 is 0 Å². The summed E-state index contributed by atoms with van der Waals surface area (Å²) in [7, 11) is 0. The number of benzene rings is 1. The summed E-state index contributed by atoms with van der Waals surface area (Å²) in [4.78, 5) is 26.0. The summed E-state index contributed by atoms with van der Waals surface area (Å²) in [5.41, 5.74) is 2.47. The summed E-state index contributed by atoms with van der Waals surface area (Å²) in [5, 5.41) is 2.73. The zero-order valence-corrected chi connectivity index (χ0v) is 12.1. The quantitative estimate of drug-likeness (QED) is 0.868. The number of hydrogen-bond acceptors (Lipinski definition) is 4. The molecule has 0 unspecified atom stereocenters. The summed E-state index contributed by atoms with van der Waals surface area (Å²) in [6, 6.07) is 7.20. The minimum Gasteiger partial charge on any atom is -0.482 e. The number of aryl methyl sites for hydroxylation is 2. The number of rotatable bonds is 2. The van der Waals surface area contributed by atoms with Gasteiger partial charge < -0.3 is 10.1 Å². The molecule has 0 spiro atoms. The maximum atomic E-state index is 12.6. The number of amides is 1. The largest absolute Gasteiger partial charge is 0.482 e. The first kappa shape index (κ1) is 12.6. The molecular formula is C16H13NO3S. The van der Waals surface area contributed by atoms with Crippen LogP contribution in [0.25, 0.3) is 0 Å². The van der Waals surface area contributed by atoms with E-state index in [9.17, 15) is 9.59 Å². The van der Waals surface area contributed by atoms with Crippen molar-refractivity contribution in [2.75, 3.05) is 11.9 Å². The Morgan fingerprint density at radius 1 is 1.24 bits per heavy atom. The summed E-state index contributed by atoms with van der Waals surface area (Å²) >= 11 is 1.59. The van der Waals surface area contributed by atoms with Gasteiger partial charge in [-0.05, 0) is 49.1 Å². The van der Waals surface area contributed by atoms with Crippen molar-refractivity contribution in [1.29, 1.82) is 0 Å². The van der Waals surface area contributed by atoms with Crippen LogP contribution in [0, 0.1) is 0 Å².